The lowest BCUT2D eigenvalue weighted by molar-refractivity contribution is -0.122. The lowest BCUT2D eigenvalue weighted by atomic mass is 10.1. The van der Waals surface area contributed by atoms with Crippen LogP contribution in [0.2, 0.25) is 0 Å². The van der Waals surface area contributed by atoms with Crippen LogP contribution >= 0.6 is 11.3 Å². The molecule has 1 aliphatic rings. The maximum absolute atomic E-state index is 12.0. The zero-order valence-electron chi connectivity index (χ0n) is 14.1. The van der Waals surface area contributed by atoms with E-state index < -0.39 is 0 Å². The van der Waals surface area contributed by atoms with Gasteiger partial charge in [0.25, 0.3) is 0 Å². The third-order valence-corrected chi connectivity index (χ3v) is 5.67. The number of hydrogen-bond acceptors (Lipinski definition) is 5. The van der Waals surface area contributed by atoms with Crippen molar-refractivity contribution in [3.05, 3.63) is 29.3 Å². The number of aliphatic hydroxyl groups excluding tert-OH is 1. The first kappa shape index (κ1) is 17.3. The second kappa shape index (κ2) is 8.05. The van der Waals surface area contributed by atoms with Gasteiger partial charge >= 0.3 is 0 Å². The molecule has 1 heterocycles. The lowest BCUT2D eigenvalue weighted by Crippen LogP contribution is -2.39. The van der Waals surface area contributed by atoms with E-state index in [1.165, 1.54) is 4.70 Å². The molecule has 2 N–H and O–H groups in total. The number of thiazole rings is 1. The molecular formula is C18H25N3O2S. The third-order valence-electron chi connectivity index (χ3n) is 4.58. The van der Waals surface area contributed by atoms with E-state index in [0.717, 1.165) is 42.8 Å². The number of carbonyl (C=O) groups is 1. The summed E-state index contributed by atoms with van der Waals surface area (Å²) in [6, 6.07) is 8.09. The summed E-state index contributed by atoms with van der Waals surface area (Å²) in [7, 11) is 1.94. The Balaban J connectivity index is 1.39. The molecule has 5 nitrogen and oxygen atoms in total. The number of nitrogens with zero attached hydrogens (tertiary/aromatic N) is 2. The molecule has 6 heteroatoms. The Morgan fingerprint density at radius 1 is 1.42 bits per heavy atom. The van der Waals surface area contributed by atoms with Crippen molar-refractivity contribution in [2.75, 3.05) is 26.7 Å². The van der Waals surface area contributed by atoms with E-state index in [0.29, 0.717) is 19.0 Å². The molecule has 1 saturated carbocycles. The van der Waals surface area contributed by atoms with Crippen molar-refractivity contribution < 1.29 is 9.90 Å². The quantitative estimate of drug-likeness (QED) is 0.804. The summed E-state index contributed by atoms with van der Waals surface area (Å²) in [6.07, 6.45) is 3.61. The van der Waals surface area contributed by atoms with E-state index in [1.54, 1.807) is 11.3 Å². The number of nitrogens with one attached hydrogen (secondary N) is 1. The highest BCUT2D eigenvalue weighted by Gasteiger charge is 2.26. The first-order chi connectivity index (χ1) is 11.6. The summed E-state index contributed by atoms with van der Waals surface area (Å²) >= 11 is 1.68. The van der Waals surface area contributed by atoms with Crippen LogP contribution in [0.1, 0.15) is 24.3 Å². The summed E-state index contributed by atoms with van der Waals surface area (Å²) in [5.41, 5.74) is 1.03. The molecule has 1 aromatic heterocycles. The minimum Gasteiger partial charge on any atom is -0.393 e. The maximum atomic E-state index is 12.0. The van der Waals surface area contributed by atoms with Gasteiger partial charge in [-0.1, -0.05) is 18.6 Å². The van der Waals surface area contributed by atoms with Gasteiger partial charge in [0.05, 0.1) is 27.9 Å². The summed E-state index contributed by atoms with van der Waals surface area (Å²) < 4.78 is 1.19. The van der Waals surface area contributed by atoms with Gasteiger partial charge in [-0.15, -0.1) is 11.3 Å². The van der Waals surface area contributed by atoms with Crippen molar-refractivity contribution in [1.29, 1.82) is 0 Å². The van der Waals surface area contributed by atoms with E-state index in [2.05, 4.69) is 16.4 Å². The fourth-order valence-corrected chi connectivity index (χ4v) is 4.30. The first-order valence-electron chi connectivity index (χ1n) is 8.59. The summed E-state index contributed by atoms with van der Waals surface area (Å²) in [5, 5.41) is 13.9. The predicted octanol–water partition coefficient (Wildman–Crippen LogP) is 2.05. The molecule has 2 aromatic rings. The number of fused-ring (bicyclic) bond motifs is 1. The summed E-state index contributed by atoms with van der Waals surface area (Å²) in [4.78, 5) is 18.6. The Hall–Kier alpha value is -1.50. The van der Waals surface area contributed by atoms with Gasteiger partial charge in [0.2, 0.25) is 5.91 Å². The second-order valence-electron chi connectivity index (χ2n) is 6.63. The third kappa shape index (κ3) is 4.53. The van der Waals surface area contributed by atoms with Gasteiger partial charge in [-0.25, -0.2) is 4.98 Å². The zero-order chi connectivity index (χ0) is 16.9. The van der Waals surface area contributed by atoms with Crippen LogP contribution in [0.4, 0.5) is 0 Å². The van der Waals surface area contributed by atoms with Crippen LogP contribution in [-0.2, 0) is 11.2 Å². The highest BCUT2D eigenvalue weighted by molar-refractivity contribution is 7.18. The summed E-state index contributed by atoms with van der Waals surface area (Å²) in [5.74, 6) is 0.344. The lowest BCUT2D eigenvalue weighted by Gasteiger charge is -2.22. The predicted molar refractivity (Wildman–Crippen MR) is 97.2 cm³/mol. The van der Waals surface area contributed by atoms with Crippen LogP contribution < -0.4 is 5.32 Å². The van der Waals surface area contributed by atoms with Gasteiger partial charge in [0.15, 0.2) is 0 Å². The number of para-hydroxylation sites is 1. The average molecular weight is 347 g/mol. The number of benzene rings is 1. The Morgan fingerprint density at radius 3 is 3.00 bits per heavy atom. The molecule has 0 aliphatic heterocycles. The van der Waals surface area contributed by atoms with Crippen LogP contribution in [0.3, 0.4) is 0 Å². The fraction of sp³-hybridized carbons (Fsp3) is 0.556. The zero-order valence-corrected chi connectivity index (χ0v) is 14.9. The molecule has 0 saturated heterocycles. The number of carbonyl (C=O) groups excluding carboxylic acids is 1. The minimum absolute atomic E-state index is 0.0334. The van der Waals surface area contributed by atoms with Gasteiger partial charge in [-0.05, 0) is 37.9 Å². The van der Waals surface area contributed by atoms with Crippen molar-refractivity contribution in [3.63, 3.8) is 0 Å². The number of amides is 1. The molecule has 2 unspecified atom stereocenters. The van der Waals surface area contributed by atoms with Gasteiger partial charge in [-0.2, -0.15) is 0 Å². The SMILES string of the molecule is CN(CC(=O)NCCc1nc2ccccc2s1)CC1CCCC1O. The molecule has 1 fully saturated rings. The molecule has 0 bridgehead atoms. The van der Waals surface area contributed by atoms with E-state index in [-0.39, 0.29) is 12.0 Å². The Morgan fingerprint density at radius 2 is 2.25 bits per heavy atom. The van der Waals surface area contributed by atoms with Crippen LogP contribution in [0.25, 0.3) is 10.2 Å². The molecule has 0 radical (unpaired) electrons. The molecule has 1 amide bonds. The van der Waals surface area contributed by atoms with Crippen molar-refractivity contribution in [3.8, 4) is 0 Å². The largest absolute Gasteiger partial charge is 0.393 e. The monoisotopic (exact) mass is 347 g/mol. The number of likely N-dealkylation sites (N-methyl/N-ethyl adjacent to an activating group) is 1. The van der Waals surface area contributed by atoms with E-state index in [1.807, 2.05) is 30.1 Å². The number of hydrogen-bond donors (Lipinski definition) is 2. The van der Waals surface area contributed by atoms with Crippen molar-refractivity contribution in [1.82, 2.24) is 15.2 Å². The normalized spacial score (nSPS) is 20.8. The molecular weight excluding hydrogens is 322 g/mol. The number of aliphatic hydroxyl groups is 1. The maximum Gasteiger partial charge on any atom is 0.234 e. The Kier molecular flexibility index (Phi) is 5.81. The minimum atomic E-state index is -0.199. The van der Waals surface area contributed by atoms with Gasteiger partial charge in [0.1, 0.15) is 0 Å². The smallest absolute Gasteiger partial charge is 0.234 e. The van der Waals surface area contributed by atoms with Crippen molar-refractivity contribution in [2.24, 2.45) is 5.92 Å². The molecule has 0 spiro atoms. The van der Waals surface area contributed by atoms with Crippen molar-refractivity contribution >= 4 is 27.5 Å². The molecule has 24 heavy (non-hydrogen) atoms. The molecule has 1 aromatic carbocycles. The highest BCUT2D eigenvalue weighted by Crippen LogP contribution is 2.25. The fourth-order valence-electron chi connectivity index (χ4n) is 3.33. The van der Waals surface area contributed by atoms with Gasteiger partial charge in [-0.3, -0.25) is 9.69 Å². The standard InChI is InChI=1S/C18H25N3O2S/c1-21(11-13-5-4-7-15(13)22)12-17(23)19-10-9-18-20-14-6-2-3-8-16(14)24-18/h2-3,6,8,13,15,22H,4-5,7,9-12H2,1H3,(H,19,23). The number of aromatic nitrogens is 1. The molecule has 130 valence electrons. The molecule has 2 atom stereocenters. The van der Waals surface area contributed by atoms with Gasteiger partial charge < -0.3 is 10.4 Å². The number of rotatable bonds is 7. The van der Waals surface area contributed by atoms with E-state index in [9.17, 15) is 9.90 Å². The average Bonchev–Trinajstić information content (AvgIpc) is 3.13. The summed E-state index contributed by atoms with van der Waals surface area (Å²) in [6.45, 7) is 1.77. The highest BCUT2D eigenvalue weighted by atomic mass is 32.1. The Labute approximate surface area is 146 Å². The first-order valence-corrected chi connectivity index (χ1v) is 9.41. The van der Waals surface area contributed by atoms with E-state index in [4.69, 9.17) is 0 Å². The molecule has 3 rings (SSSR count). The van der Waals surface area contributed by atoms with Crippen LogP contribution in [0, 0.1) is 5.92 Å². The van der Waals surface area contributed by atoms with Crippen LogP contribution in [0.5, 0.6) is 0 Å². The Bertz CT molecular complexity index is 655. The van der Waals surface area contributed by atoms with Crippen LogP contribution in [0.15, 0.2) is 24.3 Å². The van der Waals surface area contributed by atoms with Crippen LogP contribution in [-0.4, -0.2) is 53.7 Å². The van der Waals surface area contributed by atoms with E-state index >= 15 is 0 Å². The second-order valence-corrected chi connectivity index (χ2v) is 7.75. The topological polar surface area (TPSA) is 65.5 Å². The van der Waals surface area contributed by atoms with Crippen molar-refractivity contribution in [2.45, 2.75) is 31.8 Å². The van der Waals surface area contributed by atoms with Gasteiger partial charge in [0, 0.05) is 19.5 Å². The molecule has 1 aliphatic carbocycles.